The third kappa shape index (κ3) is 4.15. The van der Waals surface area contributed by atoms with Gasteiger partial charge in [0.1, 0.15) is 0 Å². The van der Waals surface area contributed by atoms with Gasteiger partial charge in [-0.05, 0) is 18.4 Å². The van der Waals surface area contributed by atoms with Crippen LogP contribution >= 0.6 is 0 Å². The highest BCUT2D eigenvalue weighted by atomic mass is 19.2. The van der Waals surface area contributed by atoms with Gasteiger partial charge in [0.05, 0.1) is 11.2 Å². The van der Waals surface area contributed by atoms with E-state index in [0.29, 0.717) is 23.4 Å². The van der Waals surface area contributed by atoms with Gasteiger partial charge in [0.25, 0.3) is 0 Å². The fourth-order valence-corrected chi connectivity index (χ4v) is 3.35. The summed E-state index contributed by atoms with van der Waals surface area (Å²) in [6, 6.07) is 1.99. The zero-order valence-corrected chi connectivity index (χ0v) is 13.8. The Morgan fingerprint density at radius 3 is 2.56 bits per heavy atom. The molecule has 2 aromatic rings. The molecular weight excluding hydrogens is 328 g/mol. The molecule has 0 atom stereocenters. The van der Waals surface area contributed by atoms with E-state index in [1.165, 1.54) is 38.3 Å². The molecule has 3 N–H and O–H groups in total. The van der Waals surface area contributed by atoms with Gasteiger partial charge >= 0.3 is 11.8 Å². The van der Waals surface area contributed by atoms with E-state index >= 15 is 0 Å². The molecule has 5 nitrogen and oxygen atoms in total. The molecule has 1 heterocycles. The molecule has 1 aromatic carbocycles. The zero-order valence-electron chi connectivity index (χ0n) is 13.8. The van der Waals surface area contributed by atoms with E-state index in [1.807, 2.05) is 0 Å². The van der Waals surface area contributed by atoms with Crippen LogP contribution in [0.3, 0.4) is 0 Å². The van der Waals surface area contributed by atoms with Crippen molar-refractivity contribution in [2.24, 2.45) is 5.92 Å². The van der Waals surface area contributed by atoms with Crippen molar-refractivity contribution >= 4 is 28.4 Å². The molecule has 3 rings (SSSR count). The first kappa shape index (κ1) is 17.4. The number of hydrogen-bond donors (Lipinski definition) is 3. The number of nitrogens with one attached hydrogen (secondary N) is 3. The average molecular weight is 349 g/mol. The van der Waals surface area contributed by atoms with Gasteiger partial charge in [0, 0.05) is 24.2 Å². The lowest BCUT2D eigenvalue weighted by Gasteiger charge is -2.21. The molecule has 0 aliphatic heterocycles. The summed E-state index contributed by atoms with van der Waals surface area (Å²) in [7, 11) is 0. The number of aromatic nitrogens is 1. The molecule has 1 fully saturated rings. The van der Waals surface area contributed by atoms with Gasteiger partial charge in [0.2, 0.25) is 0 Å². The highest BCUT2D eigenvalue weighted by Gasteiger charge is 2.18. The van der Waals surface area contributed by atoms with E-state index in [4.69, 9.17) is 0 Å². The van der Waals surface area contributed by atoms with E-state index in [2.05, 4.69) is 15.6 Å². The second kappa shape index (κ2) is 7.63. The number of halogens is 2. The summed E-state index contributed by atoms with van der Waals surface area (Å²) < 4.78 is 26.6. The van der Waals surface area contributed by atoms with E-state index in [9.17, 15) is 18.4 Å². The number of benzene rings is 1. The lowest BCUT2D eigenvalue weighted by Crippen LogP contribution is -2.36. The minimum absolute atomic E-state index is 0.237. The third-order valence-corrected chi connectivity index (χ3v) is 4.74. The molecule has 0 radical (unpaired) electrons. The van der Waals surface area contributed by atoms with Gasteiger partial charge in [-0.15, -0.1) is 0 Å². The smallest absolute Gasteiger partial charge is 0.313 e. The Morgan fingerprint density at radius 1 is 1.08 bits per heavy atom. The molecule has 0 bridgehead atoms. The van der Waals surface area contributed by atoms with Crippen molar-refractivity contribution in [2.75, 3.05) is 11.9 Å². The first-order valence-corrected chi connectivity index (χ1v) is 8.60. The normalized spacial score (nSPS) is 15.3. The predicted octanol–water partition coefficient (Wildman–Crippen LogP) is 3.47. The highest BCUT2D eigenvalue weighted by molar-refractivity contribution is 6.40. The van der Waals surface area contributed by atoms with Crippen LogP contribution in [0.1, 0.15) is 38.5 Å². The highest BCUT2D eigenvalue weighted by Crippen LogP contribution is 2.26. The number of amides is 2. The van der Waals surface area contributed by atoms with Crippen molar-refractivity contribution in [1.82, 2.24) is 10.3 Å². The lowest BCUT2D eigenvalue weighted by molar-refractivity contribution is -0.136. The van der Waals surface area contributed by atoms with Crippen LogP contribution in [0.25, 0.3) is 10.9 Å². The van der Waals surface area contributed by atoms with Crippen molar-refractivity contribution in [3.63, 3.8) is 0 Å². The van der Waals surface area contributed by atoms with E-state index in [0.717, 1.165) is 18.6 Å². The van der Waals surface area contributed by atoms with Gasteiger partial charge in [-0.3, -0.25) is 9.59 Å². The van der Waals surface area contributed by atoms with Crippen molar-refractivity contribution in [3.8, 4) is 0 Å². The van der Waals surface area contributed by atoms with Crippen LogP contribution in [0.5, 0.6) is 0 Å². The van der Waals surface area contributed by atoms with Crippen LogP contribution in [-0.4, -0.2) is 23.3 Å². The molecular formula is C18H21F2N3O2. The van der Waals surface area contributed by atoms with Crippen LogP contribution in [0, 0.1) is 17.6 Å². The van der Waals surface area contributed by atoms with Gasteiger partial charge in [-0.1, -0.05) is 32.1 Å². The molecule has 1 aliphatic rings. The summed E-state index contributed by atoms with van der Waals surface area (Å²) in [5.41, 5.74) is 0.577. The minimum atomic E-state index is -1.01. The summed E-state index contributed by atoms with van der Waals surface area (Å²) in [5.74, 6) is -2.93. The van der Waals surface area contributed by atoms with Crippen molar-refractivity contribution < 1.29 is 18.4 Å². The van der Waals surface area contributed by atoms with Crippen molar-refractivity contribution in [2.45, 2.75) is 38.5 Å². The molecule has 0 spiro atoms. The predicted molar refractivity (Wildman–Crippen MR) is 91.0 cm³/mol. The van der Waals surface area contributed by atoms with Gasteiger partial charge in [-0.25, -0.2) is 8.78 Å². The monoisotopic (exact) mass is 349 g/mol. The Balaban J connectivity index is 1.54. The summed E-state index contributed by atoms with van der Waals surface area (Å²) in [6.07, 6.45) is 8.38. The standard InChI is InChI=1S/C18H21F2N3O2/c19-13-8-12-15(9-14(13)20)22-10-16(12)23-18(25)17(24)21-7-6-11-4-2-1-3-5-11/h8-11,22H,1-7H2,(H,21,24)(H,23,25). The van der Waals surface area contributed by atoms with Crippen LogP contribution in [0.2, 0.25) is 0 Å². The maximum absolute atomic E-state index is 13.4. The number of rotatable bonds is 4. The molecule has 1 aromatic heterocycles. The van der Waals surface area contributed by atoms with E-state index in [-0.39, 0.29) is 5.69 Å². The number of H-pyrrole nitrogens is 1. The topological polar surface area (TPSA) is 74.0 Å². The second-order valence-corrected chi connectivity index (χ2v) is 6.52. The maximum Gasteiger partial charge on any atom is 0.313 e. The minimum Gasteiger partial charge on any atom is -0.359 e. The fraction of sp³-hybridized carbons (Fsp3) is 0.444. The van der Waals surface area contributed by atoms with Crippen LogP contribution < -0.4 is 10.6 Å². The molecule has 7 heteroatoms. The number of hydrogen-bond acceptors (Lipinski definition) is 2. The Morgan fingerprint density at radius 2 is 1.80 bits per heavy atom. The molecule has 2 amide bonds. The third-order valence-electron chi connectivity index (χ3n) is 4.74. The molecule has 134 valence electrons. The summed E-state index contributed by atoms with van der Waals surface area (Å²) >= 11 is 0. The molecule has 25 heavy (non-hydrogen) atoms. The molecule has 1 aliphatic carbocycles. The first-order valence-electron chi connectivity index (χ1n) is 8.60. The Labute approximate surface area is 144 Å². The molecule has 1 saturated carbocycles. The Kier molecular flexibility index (Phi) is 5.31. The van der Waals surface area contributed by atoms with Crippen molar-refractivity contribution in [1.29, 1.82) is 0 Å². The average Bonchev–Trinajstić information content (AvgIpc) is 2.98. The van der Waals surface area contributed by atoms with Gasteiger partial charge in [0.15, 0.2) is 11.6 Å². The SMILES string of the molecule is O=C(NCCC1CCCCC1)C(=O)Nc1c[nH]c2cc(F)c(F)cc12. The van der Waals surface area contributed by atoms with Gasteiger partial charge < -0.3 is 15.6 Å². The first-order chi connectivity index (χ1) is 12.0. The Bertz CT molecular complexity index is 782. The maximum atomic E-state index is 13.4. The van der Waals surface area contributed by atoms with Gasteiger partial charge in [-0.2, -0.15) is 0 Å². The Hall–Kier alpha value is -2.44. The number of fused-ring (bicyclic) bond motifs is 1. The zero-order chi connectivity index (χ0) is 17.8. The van der Waals surface area contributed by atoms with E-state index < -0.39 is 23.4 Å². The lowest BCUT2D eigenvalue weighted by atomic mass is 9.87. The molecule has 0 saturated heterocycles. The number of anilines is 1. The largest absolute Gasteiger partial charge is 0.359 e. The summed E-state index contributed by atoms with van der Waals surface area (Å²) in [6.45, 7) is 0.463. The number of carbonyl (C=O) groups excluding carboxylic acids is 2. The summed E-state index contributed by atoms with van der Waals surface area (Å²) in [4.78, 5) is 26.6. The number of carbonyl (C=O) groups is 2. The van der Waals surface area contributed by atoms with Crippen molar-refractivity contribution in [3.05, 3.63) is 30.0 Å². The second-order valence-electron chi connectivity index (χ2n) is 6.52. The quantitative estimate of drug-likeness (QED) is 0.740. The van der Waals surface area contributed by atoms with Crippen LogP contribution in [0.15, 0.2) is 18.3 Å². The number of aromatic amines is 1. The van der Waals surface area contributed by atoms with Crippen LogP contribution in [-0.2, 0) is 9.59 Å². The fourth-order valence-electron chi connectivity index (χ4n) is 3.35. The molecule has 0 unspecified atom stereocenters. The van der Waals surface area contributed by atoms with E-state index in [1.54, 1.807) is 0 Å². The van der Waals surface area contributed by atoms with Crippen LogP contribution in [0.4, 0.5) is 14.5 Å². The summed E-state index contributed by atoms with van der Waals surface area (Å²) in [5, 5.41) is 5.35.